The number of nitrogens with one attached hydrogen (secondary N) is 2. The van der Waals surface area contributed by atoms with Crippen molar-refractivity contribution in [2.75, 3.05) is 0 Å². The van der Waals surface area contributed by atoms with Crippen LogP contribution in [0.25, 0.3) is 33.6 Å². The van der Waals surface area contributed by atoms with Crippen LogP contribution >= 0.6 is 0 Å². The molecule has 5 heterocycles. The van der Waals surface area contributed by atoms with E-state index in [-0.39, 0.29) is 36.4 Å². The minimum atomic E-state index is -0.562. The number of aromatic nitrogens is 4. The third-order valence-corrected chi connectivity index (χ3v) is 10.8. The number of carbonyl (C=O) groups is 2. The molecular formula is C41H50N6O5. The Labute approximate surface area is 305 Å². The number of hydrogen-bond acceptors (Lipinski definition) is 7. The van der Waals surface area contributed by atoms with Gasteiger partial charge in [0.15, 0.2) is 0 Å². The summed E-state index contributed by atoms with van der Waals surface area (Å²) in [5.74, 6) is 2.45. The zero-order valence-electron chi connectivity index (χ0n) is 31.6. The average Bonchev–Trinajstić information content (AvgIpc) is 3.87. The van der Waals surface area contributed by atoms with E-state index in [0.717, 1.165) is 101 Å². The number of carbonyl (C=O) groups excluding carboxylic acids is 2. The first-order valence-corrected chi connectivity index (χ1v) is 18.7. The first-order valence-electron chi connectivity index (χ1n) is 18.7. The molecule has 0 bridgehead atoms. The number of nitrogens with zero attached hydrogens (tertiary/aromatic N) is 4. The monoisotopic (exact) mass is 706 g/mol. The van der Waals surface area contributed by atoms with Crippen molar-refractivity contribution in [2.45, 2.75) is 136 Å². The largest absolute Gasteiger partial charge is 0.488 e. The van der Waals surface area contributed by atoms with E-state index in [1.54, 1.807) is 0 Å². The van der Waals surface area contributed by atoms with Crippen molar-refractivity contribution in [3.05, 3.63) is 65.0 Å². The van der Waals surface area contributed by atoms with Crippen LogP contribution in [0.4, 0.5) is 9.59 Å². The number of H-pyrrole nitrogens is 2. The summed E-state index contributed by atoms with van der Waals surface area (Å²) in [6.07, 6.45) is 6.48. The average molecular weight is 707 g/mol. The number of ether oxygens (including phenoxy) is 3. The lowest BCUT2D eigenvalue weighted by molar-refractivity contribution is 0.0140. The summed E-state index contributed by atoms with van der Waals surface area (Å²) in [7, 11) is 0. The minimum Gasteiger partial charge on any atom is -0.488 e. The first kappa shape index (κ1) is 34.3. The lowest BCUT2D eigenvalue weighted by Crippen LogP contribution is -2.40. The van der Waals surface area contributed by atoms with Gasteiger partial charge >= 0.3 is 12.2 Å². The summed E-state index contributed by atoms with van der Waals surface area (Å²) in [5.41, 5.74) is 8.55. The molecule has 2 aromatic heterocycles. The molecule has 2 aromatic carbocycles. The highest BCUT2D eigenvalue weighted by Crippen LogP contribution is 2.46. The van der Waals surface area contributed by atoms with Crippen LogP contribution in [0.5, 0.6) is 5.75 Å². The van der Waals surface area contributed by atoms with E-state index in [0.29, 0.717) is 6.61 Å². The smallest absolute Gasteiger partial charge is 0.411 e. The fourth-order valence-electron chi connectivity index (χ4n) is 8.33. The molecule has 274 valence electrons. The molecule has 2 saturated heterocycles. The Hall–Kier alpha value is -4.80. The van der Waals surface area contributed by atoms with Crippen LogP contribution in [-0.2, 0) is 28.9 Å². The van der Waals surface area contributed by atoms with Gasteiger partial charge in [-0.05, 0) is 134 Å². The van der Waals surface area contributed by atoms with Crippen LogP contribution < -0.4 is 4.74 Å². The Morgan fingerprint density at radius 1 is 0.769 bits per heavy atom. The van der Waals surface area contributed by atoms with Crippen molar-refractivity contribution in [2.24, 2.45) is 0 Å². The number of benzene rings is 2. The van der Waals surface area contributed by atoms with Gasteiger partial charge in [-0.1, -0.05) is 12.1 Å². The van der Waals surface area contributed by atoms with Crippen LogP contribution in [0.3, 0.4) is 0 Å². The molecule has 3 aliphatic heterocycles. The van der Waals surface area contributed by atoms with Crippen LogP contribution in [0.15, 0.2) is 36.5 Å². The number of aromatic amines is 2. The predicted octanol–water partition coefficient (Wildman–Crippen LogP) is 9.05. The van der Waals surface area contributed by atoms with Crippen molar-refractivity contribution in [3.8, 4) is 39.4 Å². The number of hydrogen-bond donors (Lipinski definition) is 2. The van der Waals surface area contributed by atoms with Crippen molar-refractivity contribution in [1.82, 2.24) is 29.7 Å². The second kappa shape index (κ2) is 12.4. The zero-order chi connectivity index (χ0) is 36.7. The quantitative estimate of drug-likeness (QED) is 0.218. The SMILES string of the molecule is C[C@H]1CC[C@@H](c2ncc(-c3ccc4c(c3)COc3cc5c(cc3-4)CCc3[nH]c([C@@H]4CC[C@H](C)N4C(=O)OC(C)(C)C)nc3-5)[nH]2)N1C(=O)OC(C)(C)C. The van der Waals surface area contributed by atoms with Gasteiger partial charge in [-0.25, -0.2) is 19.6 Å². The maximum Gasteiger partial charge on any atom is 0.411 e. The van der Waals surface area contributed by atoms with Gasteiger partial charge in [0.1, 0.15) is 35.2 Å². The molecule has 2 N–H and O–H groups in total. The summed E-state index contributed by atoms with van der Waals surface area (Å²) in [4.78, 5) is 47.0. The molecule has 4 aliphatic rings. The van der Waals surface area contributed by atoms with Gasteiger partial charge < -0.3 is 24.2 Å². The van der Waals surface area contributed by atoms with E-state index < -0.39 is 11.2 Å². The van der Waals surface area contributed by atoms with E-state index in [1.165, 1.54) is 5.56 Å². The van der Waals surface area contributed by atoms with E-state index >= 15 is 0 Å². The molecule has 8 rings (SSSR count). The van der Waals surface area contributed by atoms with Crippen molar-refractivity contribution in [1.29, 1.82) is 0 Å². The van der Waals surface area contributed by atoms with Gasteiger partial charge in [-0.2, -0.15) is 0 Å². The van der Waals surface area contributed by atoms with Gasteiger partial charge in [0.05, 0.1) is 29.7 Å². The Morgan fingerprint density at radius 3 is 2.08 bits per heavy atom. The Morgan fingerprint density at radius 2 is 1.42 bits per heavy atom. The third kappa shape index (κ3) is 6.21. The molecule has 0 unspecified atom stereocenters. The van der Waals surface area contributed by atoms with Gasteiger partial charge in [-0.15, -0.1) is 0 Å². The van der Waals surface area contributed by atoms with Gasteiger partial charge in [0, 0.05) is 28.9 Å². The van der Waals surface area contributed by atoms with E-state index in [4.69, 9.17) is 24.2 Å². The first-order chi connectivity index (χ1) is 24.6. The van der Waals surface area contributed by atoms with Gasteiger partial charge in [0.2, 0.25) is 0 Å². The van der Waals surface area contributed by atoms with Crippen molar-refractivity contribution < 1.29 is 23.8 Å². The van der Waals surface area contributed by atoms with Crippen LogP contribution in [0, 0.1) is 0 Å². The lowest BCUT2D eigenvalue weighted by atomic mass is 9.86. The number of likely N-dealkylation sites (tertiary alicyclic amines) is 2. The molecule has 1 aliphatic carbocycles. The molecule has 2 fully saturated rings. The summed E-state index contributed by atoms with van der Waals surface area (Å²) in [5, 5.41) is 0. The molecule has 11 nitrogen and oxygen atoms in total. The number of fused-ring (bicyclic) bond motifs is 6. The fourth-order valence-corrected chi connectivity index (χ4v) is 8.33. The zero-order valence-corrected chi connectivity index (χ0v) is 31.6. The second-order valence-corrected chi connectivity index (χ2v) is 17.0. The molecule has 0 saturated carbocycles. The van der Waals surface area contributed by atoms with E-state index in [1.807, 2.05) is 57.5 Å². The number of aryl methyl sites for hydroxylation is 2. The highest BCUT2D eigenvalue weighted by Gasteiger charge is 2.41. The molecule has 4 atom stereocenters. The van der Waals surface area contributed by atoms with Gasteiger partial charge in [0.25, 0.3) is 0 Å². The molecule has 2 amide bonds. The van der Waals surface area contributed by atoms with E-state index in [2.05, 4.69) is 54.1 Å². The highest BCUT2D eigenvalue weighted by molar-refractivity contribution is 5.83. The normalized spacial score (nSPS) is 22.3. The summed E-state index contributed by atoms with van der Waals surface area (Å²) < 4.78 is 17.9. The Bertz CT molecular complexity index is 2050. The molecule has 0 spiro atoms. The van der Waals surface area contributed by atoms with Crippen LogP contribution in [0.2, 0.25) is 0 Å². The molecular weight excluding hydrogens is 656 g/mol. The third-order valence-electron chi connectivity index (χ3n) is 10.8. The van der Waals surface area contributed by atoms with E-state index in [9.17, 15) is 9.59 Å². The minimum absolute atomic E-state index is 0.0763. The summed E-state index contributed by atoms with van der Waals surface area (Å²) in [6.45, 7) is 16.0. The van der Waals surface area contributed by atoms with Crippen LogP contribution in [0.1, 0.15) is 122 Å². The topological polar surface area (TPSA) is 126 Å². The van der Waals surface area contributed by atoms with Crippen molar-refractivity contribution >= 4 is 12.2 Å². The number of imidazole rings is 2. The van der Waals surface area contributed by atoms with Crippen LogP contribution in [-0.4, -0.2) is 65.2 Å². The summed E-state index contributed by atoms with van der Waals surface area (Å²) in [6, 6.07) is 10.7. The molecule has 4 aromatic rings. The summed E-state index contributed by atoms with van der Waals surface area (Å²) >= 11 is 0. The molecule has 11 heteroatoms. The Balaban J connectivity index is 1.04. The lowest BCUT2D eigenvalue weighted by Gasteiger charge is -2.30. The highest BCUT2D eigenvalue weighted by atomic mass is 16.6. The molecule has 0 radical (unpaired) electrons. The van der Waals surface area contributed by atoms with Gasteiger partial charge in [-0.3, -0.25) is 9.80 Å². The number of rotatable bonds is 3. The molecule has 52 heavy (non-hydrogen) atoms. The maximum atomic E-state index is 13.2. The fraction of sp³-hybridized carbons (Fsp3) is 0.512. The Kier molecular flexibility index (Phi) is 8.19. The van der Waals surface area contributed by atoms with Crippen molar-refractivity contribution in [3.63, 3.8) is 0 Å². The number of amides is 2. The second-order valence-electron chi connectivity index (χ2n) is 17.0. The predicted molar refractivity (Wildman–Crippen MR) is 198 cm³/mol. The maximum absolute atomic E-state index is 13.2. The standard InChI is InChI=1S/C41H50N6O5/c1-22-9-15-32(46(22)38(48)51-40(3,4)5)36-42-20-31(44-36)25-11-13-27-26(17-25)21-50-34-19-28-24(18-29(27)34)12-14-30-35(28)45-37(43-30)33-16-10-23(2)47(33)39(49)52-41(6,7)8/h11,13,17-20,22-23,32-33H,9-10,12,14-16,21H2,1-8H3,(H,42,44)(H,43,45)/t22-,23-,32-,33-/m0/s1.